The first-order valence-corrected chi connectivity index (χ1v) is 6.18. The maximum absolute atomic E-state index is 5.81. The maximum Gasteiger partial charge on any atom is 0.199 e. The number of nitrogens with one attached hydrogen (secondary N) is 1. The van der Waals surface area contributed by atoms with Crippen molar-refractivity contribution < 1.29 is 0 Å². The van der Waals surface area contributed by atoms with Crippen molar-refractivity contribution in [3.8, 4) is 0 Å². The van der Waals surface area contributed by atoms with Gasteiger partial charge in [-0.15, -0.1) is 16.7 Å². The Balaban J connectivity index is 1.75. The molecule has 1 aliphatic rings. The number of halogens is 1. The minimum absolute atomic E-state index is 0.373. The first kappa shape index (κ1) is 10.7. The molecule has 6 nitrogen and oxygen atoms in total. The van der Waals surface area contributed by atoms with Gasteiger partial charge in [0.05, 0.1) is 12.4 Å². The molecule has 0 radical (unpaired) electrons. The number of alkyl halides is 1. The SMILES string of the molecule is ClCCC1(CNc2cncc3nnnn23)CC1. The van der Waals surface area contributed by atoms with Crippen LogP contribution in [0.4, 0.5) is 5.82 Å². The molecule has 0 bridgehead atoms. The number of rotatable bonds is 5. The van der Waals surface area contributed by atoms with Gasteiger partial charge in [-0.2, -0.15) is 4.52 Å². The first-order chi connectivity index (χ1) is 8.33. The lowest BCUT2D eigenvalue weighted by molar-refractivity contribution is 0.523. The van der Waals surface area contributed by atoms with E-state index in [1.807, 2.05) is 0 Å². The number of tetrazole rings is 1. The van der Waals surface area contributed by atoms with E-state index in [0.717, 1.165) is 24.7 Å². The molecule has 0 spiro atoms. The Labute approximate surface area is 103 Å². The summed E-state index contributed by atoms with van der Waals surface area (Å²) in [5.74, 6) is 1.54. The highest BCUT2D eigenvalue weighted by molar-refractivity contribution is 6.17. The molecule has 0 amide bonds. The topological polar surface area (TPSA) is 68.0 Å². The number of nitrogens with zero attached hydrogens (tertiary/aromatic N) is 5. The monoisotopic (exact) mass is 252 g/mol. The molecule has 0 aliphatic heterocycles. The summed E-state index contributed by atoms with van der Waals surface area (Å²) in [5, 5.41) is 14.7. The van der Waals surface area contributed by atoms with Crippen LogP contribution in [0.25, 0.3) is 5.65 Å². The molecule has 7 heteroatoms. The highest BCUT2D eigenvalue weighted by Crippen LogP contribution is 2.48. The van der Waals surface area contributed by atoms with Crippen LogP contribution in [-0.2, 0) is 0 Å². The van der Waals surface area contributed by atoms with Gasteiger partial charge >= 0.3 is 0 Å². The molecule has 90 valence electrons. The van der Waals surface area contributed by atoms with E-state index < -0.39 is 0 Å². The second kappa shape index (κ2) is 4.10. The summed E-state index contributed by atoms with van der Waals surface area (Å²) in [6, 6.07) is 0. The van der Waals surface area contributed by atoms with E-state index in [1.165, 1.54) is 12.8 Å². The van der Waals surface area contributed by atoms with Crippen LogP contribution in [0.3, 0.4) is 0 Å². The predicted molar refractivity (Wildman–Crippen MR) is 64.1 cm³/mol. The fourth-order valence-corrected chi connectivity index (χ4v) is 2.37. The van der Waals surface area contributed by atoms with E-state index in [2.05, 4.69) is 25.8 Å². The van der Waals surface area contributed by atoms with E-state index in [1.54, 1.807) is 16.9 Å². The van der Waals surface area contributed by atoms with Crippen LogP contribution in [-0.4, -0.2) is 37.4 Å². The molecule has 17 heavy (non-hydrogen) atoms. The molecule has 0 atom stereocenters. The van der Waals surface area contributed by atoms with Gasteiger partial charge in [0.2, 0.25) is 0 Å². The average Bonchev–Trinajstić information content (AvgIpc) is 2.92. The summed E-state index contributed by atoms with van der Waals surface area (Å²) in [6.45, 7) is 0.903. The van der Waals surface area contributed by atoms with Crippen LogP contribution in [0.5, 0.6) is 0 Å². The van der Waals surface area contributed by atoms with E-state index in [4.69, 9.17) is 11.6 Å². The average molecular weight is 253 g/mol. The first-order valence-electron chi connectivity index (χ1n) is 5.65. The molecule has 0 saturated heterocycles. The van der Waals surface area contributed by atoms with Crippen LogP contribution < -0.4 is 5.32 Å². The van der Waals surface area contributed by atoms with Gasteiger partial charge in [-0.3, -0.25) is 4.98 Å². The van der Waals surface area contributed by atoms with Crippen LogP contribution in [0.1, 0.15) is 19.3 Å². The van der Waals surface area contributed by atoms with Crippen LogP contribution >= 0.6 is 11.6 Å². The van der Waals surface area contributed by atoms with Crippen molar-refractivity contribution >= 4 is 23.1 Å². The van der Waals surface area contributed by atoms with Crippen molar-refractivity contribution in [2.24, 2.45) is 5.41 Å². The summed E-state index contributed by atoms with van der Waals surface area (Å²) >= 11 is 5.81. The van der Waals surface area contributed by atoms with Crippen molar-refractivity contribution in [3.05, 3.63) is 12.4 Å². The number of fused-ring (bicyclic) bond motifs is 1. The second-order valence-corrected chi connectivity index (χ2v) is 4.91. The molecule has 0 aromatic carbocycles. The van der Waals surface area contributed by atoms with Gasteiger partial charge in [0.15, 0.2) is 5.65 Å². The fraction of sp³-hybridized carbons (Fsp3) is 0.600. The van der Waals surface area contributed by atoms with Gasteiger partial charge in [-0.05, 0) is 35.1 Å². The second-order valence-electron chi connectivity index (χ2n) is 4.53. The molecular formula is C10H13ClN6. The van der Waals surface area contributed by atoms with Gasteiger partial charge in [0.1, 0.15) is 5.82 Å². The number of anilines is 1. The van der Waals surface area contributed by atoms with E-state index >= 15 is 0 Å². The third-order valence-electron chi connectivity index (χ3n) is 3.34. The predicted octanol–water partition coefficient (Wildman–Crippen LogP) is 1.34. The summed E-state index contributed by atoms with van der Waals surface area (Å²) in [6.07, 6.45) is 6.91. The van der Waals surface area contributed by atoms with Gasteiger partial charge in [0, 0.05) is 12.4 Å². The maximum atomic E-state index is 5.81. The Morgan fingerprint density at radius 1 is 1.41 bits per heavy atom. The number of hydrogen-bond acceptors (Lipinski definition) is 5. The Morgan fingerprint density at radius 3 is 3.06 bits per heavy atom. The van der Waals surface area contributed by atoms with E-state index in [9.17, 15) is 0 Å². The molecule has 1 aliphatic carbocycles. The normalized spacial score (nSPS) is 17.2. The van der Waals surface area contributed by atoms with E-state index in [0.29, 0.717) is 11.1 Å². The zero-order chi connectivity index (χ0) is 11.7. The summed E-state index contributed by atoms with van der Waals surface area (Å²) in [5.41, 5.74) is 1.02. The summed E-state index contributed by atoms with van der Waals surface area (Å²) in [7, 11) is 0. The molecule has 3 rings (SSSR count). The van der Waals surface area contributed by atoms with Crippen LogP contribution in [0.2, 0.25) is 0 Å². The lowest BCUT2D eigenvalue weighted by atomic mass is 10.0. The number of aromatic nitrogens is 5. The molecule has 0 unspecified atom stereocenters. The van der Waals surface area contributed by atoms with Crippen molar-refractivity contribution in [1.29, 1.82) is 0 Å². The Kier molecular flexibility index (Phi) is 2.58. The quantitative estimate of drug-likeness (QED) is 0.814. The third-order valence-corrected chi connectivity index (χ3v) is 3.52. The molecule has 2 aromatic rings. The van der Waals surface area contributed by atoms with Crippen molar-refractivity contribution in [2.75, 3.05) is 17.7 Å². The molecular weight excluding hydrogens is 240 g/mol. The van der Waals surface area contributed by atoms with Crippen LogP contribution in [0, 0.1) is 5.41 Å². The smallest absolute Gasteiger partial charge is 0.199 e. The molecule has 1 N–H and O–H groups in total. The van der Waals surface area contributed by atoms with Crippen molar-refractivity contribution in [1.82, 2.24) is 25.0 Å². The zero-order valence-corrected chi connectivity index (χ0v) is 10.1. The Hall–Kier alpha value is -1.43. The zero-order valence-electron chi connectivity index (χ0n) is 9.30. The lowest BCUT2D eigenvalue weighted by Crippen LogP contribution is -2.17. The largest absolute Gasteiger partial charge is 0.368 e. The Bertz CT molecular complexity index is 520. The van der Waals surface area contributed by atoms with Gasteiger partial charge in [-0.25, -0.2) is 0 Å². The molecule has 1 fully saturated rings. The lowest BCUT2D eigenvalue weighted by Gasteiger charge is -2.15. The molecule has 2 heterocycles. The molecule has 1 saturated carbocycles. The van der Waals surface area contributed by atoms with E-state index in [-0.39, 0.29) is 0 Å². The summed E-state index contributed by atoms with van der Waals surface area (Å²) < 4.78 is 1.66. The standard InChI is InChI=1S/C10H13ClN6/c11-4-3-10(1-2-10)7-13-8-5-12-6-9-14-15-16-17(8)9/h5-6,13H,1-4,7H2. The summed E-state index contributed by atoms with van der Waals surface area (Å²) in [4.78, 5) is 4.10. The van der Waals surface area contributed by atoms with Gasteiger partial charge in [0.25, 0.3) is 0 Å². The fourth-order valence-electron chi connectivity index (χ4n) is 1.97. The minimum atomic E-state index is 0.373. The highest BCUT2D eigenvalue weighted by atomic mass is 35.5. The van der Waals surface area contributed by atoms with Gasteiger partial charge in [-0.1, -0.05) is 0 Å². The molecule has 2 aromatic heterocycles. The van der Waals surface area contributed by atoms with Gasteiger partial charge < -0.3 is 5.32 Å². The van der Waals surface area contributed by atoms with Crippen molar-refractivity contribution in [3.63, 3.8) is 0 Å². The van der Waals surface area contributed by atoms with Crippen molar-refractivity contribution in [2.45, 2.75) is 19.3 Å². The minimum Gasteiger partial charge on any atom is -0.368 e. The third kappa shape index (κ3) is 2.04. The Morgan fingerprint density at radius 2 is 2.29 bits per heavy atom. The number of hydrogen-bond donors (Lipinski definition) is 1. The van der Waals surface area contributed by atoms with Crippen LogP contribution in [0.15, 0.2) is 12.4 Å². The highest BCUT2D eigenvalue weighted by Gasteiger charge is 2.41.